The molecule has 3 nitrogen and oxygen atoms in total. The predicted molar refractivity (Wildman–Crippen MR) is 54.5 cm³/mol. The van der Waals surface area contributed by atoms with Crippen molar-refractivity contribution in [2.75, 3.05) is 0 Å². The Hall–Kier alpha value is -1.61. The number of hydrogen-bond donors (Lipinski definition) is 1. The third-order valence-electron chi connectivity index (χ3n) is 2.13. The molecule has 0 saturated carbocycles. The zero-order valence-corrected chi connectivity index (χ0v) is 7.97. The molecule has 1 aromatic carbocycles. The van der Waals surface area contributed by atoms with Gasteiger partial charge >= 0.3 is 0 Å². The zero-order chi connectivity index (χ0) is 9.97. The number of nitrogens with zero attached hydrogens (tertiary/aromatic N) is 1. The Morgan fingerprint density at radius 2 is 2.29 bits per heavy atom. The lowest BCUT2D eigenvalue weighted by molar-refractivity contribution is 0.572. The van der Waals surface area contributed by atoms with Crippen LogP contribution in [-0.4, -0.2) is 4.98 Å². The third-order valence-corrected chi connectivity index (χ3v) is 2.13. The molecule has 1 atom stereocenters. The molecular weight excluding hydrogens is 176 g/mol. The molecule has 14 heavy (non-hydrogen) atoms. The van der Waals surface area contributed by atoms with Gasteiger partial charge in [0.25, 0.3) is 0 Å². The van der Waals surface area contributed by atoms with Crippen molar-refractivity contribution in [1.82, 2.24) is 4.98 Å². The number of benzene rings is 1. The van der Waals surface area contributed by atoms with Crippen molar-refractivity contribution in [1.29, 1.82) is 0 Å². The summed E-state index contributed by atoms with van der Waals surface area (Å²) in [5, 5.41) is 0. The maximum Gasteiger partial charge on any atom is 0.181 e. The lowest BCUT2D eigenvalue weighted by Crippen LogP contribution is -2.04. The second kappa shape index (κ2) is 3.64. The van der Waals surface area contributed by atoms with Gasteiger partial charge in [0, 0.05) is 11.6 Å². The van der Waals surface area contributed by atoms with Crippen LogP contribution in [0.15, 0.2) is 41.3 Å². The molecular formula is C11H12N2O. The summed E-state index contributed by atoms with van der Waals surface area (Å²) in [6.07, 6.45) is 3.12. The van der Waals surface area contributed by atoms with Crippen LogP contribution in [0, 0.1) is 0 Å². The quantitative estimate of drug-likeness (QED) is 0.787. The highest BCUT2D eigenvalue weighted by Gasteiger charge is 2.04. The molecule has 2 rings (SSSR count). The summed E-state index contributed by atoms with van der Waals surface area (Å²) in [5.74, 6) is 0.771. The van der Waals surface area contributed by atoms with Crippen LogP contribution in [0.1, 0.15) is 18.5 Å². The molecule has 0 radical (unpaired) electrons. The fourth-order valence-electron chi connectivity index (χ4n) is 1.33. The van der Waals surface area contributed by atoms with Crippen molar-refractivity contribution in [3.63, 3.8) is 0 Å². The highest BCUT2D eigenvalue weighted by atomic mass is 16.3. The van der Waals surface area contributed by atoms with Gasteiger partial charge in [0.15, 0.2) is 12.2 Å². The van der Waals surface area contributed by atoms with E-state index in [0.717, 1.165) is 16.9 Å². The van der Waals surface area contributed by atoms with Crippen molar-refractivity contribution in [3.05, 3.63) is 42.4 Å². The third kappa shape index (κ3) is 1.67. The smallest absolute Gasteiger partial charge is 0.181 e. The van der Waals surface area contributed by atoms with Crippen molar-refractivity contribution in [2.24, 2.45) is 5.73 Å². The second-order valence-corrected chi connectivity index (χ2v) is 3.28. The first-order valence-electron chi connectivity index (χ1n) is 4.52. The molecule has 0 fully saturated rings. The number of oxazole rings is 1. The van der Waals surface area contributed by atoms with Gasteiger partial charge in [-0.1, -0.05) is 18.2 Å². The Morgan fingerprint density at radius 3 is 2.93 bits per heavy atom. The summed E-state index contributed by atoms with van der Waals surface area (Å²) in [6, 6.07) is 8.01. The maximum atomic E-state index is 5.79. The van der Waals surface area contributed by atoms with E-state index in [4.69, 9.17) is 10.2 Å². The normalized spacial score (nSPS) is 12.7. The molecule has 1 unspecified atom stereocenters. The van der Waals surface area contributed by atoms with E-state index in [1.807, 2.05) is 31.2 Å². The average molecular weight is 188 g/mol. The summed E-state index contributed by atoms with van der Waals surface area (Å²) < 4.78 is 5.20. The van der Waals surface area contributed by atoms with Crippen LogP contribution in [0.25, 0.3) is 11.3 Å². The van der Waals surface area contributed by atoms with Gasteiger partial charge < -0.3 is 10.2 Å². The Balaban J connectivity index is 2.41. The van der Waals surface area contributed by atoms with Gasteiger partial charge in [-0.3, -0.25) is 0 Å². The Bertz CT molecular complexity index is 407. The minimum absolute atomic E-state index is 0.0397. The molecule has 0 bridgehead atoms. The average Bonchev–Trinajstić information content (AvgIpc) is 2.71. The van der Waals surface area contributed by atoms with Crippen molar-refractivity contribution < 1.29 is 4.42 Å². The van der Waals surface area contributed by atoms with Crippen molar-refractivity contribution in [2.45, 2.75) is 13.0 Å². The summed E-state index contributed by atoms with van der Waals surface area (Å²) in [7, 11) is 0. The first-order valence-corrected chi connectivity index (χ1v) is 4.52. The Kier molecular flexibility index (Phi) is 2.33. The molecule has 0 saturated heterocycles. The van der Waals surface area contributed by atoms with E-state index in [1.54, 1.807) is 6.20 Å². The fourth-order valence-corrected chi connectivity index (χ4v) is 1.33. The minimum Gasteiger partial charge on any atom is -0.444 e. The van der Waals surface area contributed by atoms with Crippen LogP contribution in [0.5, 0.6) is 0 Å². The molecule has 1 heterocycles. The van der Waals surface area contributed by atoms with E-state index in [2.05, 4.69) is 4.98 Å². The summed E-state index contributed by atoms with van der Waals surface area (Å²) in [5.41, 5.74) is 7.90. The SMILES string of the molecule is CC(N)c1cccc(-c2cnco2)c1. The molecule has 0 aliphatic rings. The van der Waals surface area contributed by atoms with Gasteiger partial charge in [0.05, 0.1) is 6.20 Å². The maximum absolute atomic E-state index is 5.79. The standard InChI is InChI=1S/C11H12N2O/c1-8(12)9-3-2-4-10(5-9)11-6-13-7-14-11/h2-8H,12H2,1H3. The van der Waals surface area contributed by atoms with E-state index in [-0.39, 0.29) is 6.04 Å². The monoisotopic (exact) mass is 188 g/mol. The van der Waals surface area contributed by atoms with Crippen LogP contribution >= 0.6 is 0 Å². The first-order chi connectivity index (χ1) is 6.77. The van der Waals surface area contributed by atoms with Crippen LogP contribution in [0.2, 0.25) is 0 Å². The number of rotatable bonds is 2. The van der Waals surface area contributed by atoms with Crippen molar-refractivity contribution in [3.8, 4) is 11.3 Å². The molecule has 0 spiro atoms. The van der Waals surface area contributed by atoms with Gasteiger partial charge in [-0.15, -0.1) is 0 Å². The van der Waals surface area contributed by atoms with Gasteiger partial charge in [-0.25, -0.2) is 4.98 Å². The van der Waals surface area contributed by atoms with Crippen LogP contribution in [0.4, 0.5) is 0 Å². The Morgan fingerprint density at radius 1 is 1.43 bits per heavy atom. The molecule has 1 aromatic heterocycles. The number of hydrogen-bond acceptors (Lipinski definition) is 3. The number of nitrogens with two attached hydrogens (primary N) is 1. The van der Waals surface area contributed by atoms with Gasteiger partial charge in [-0.05, 0) is 18.6 Å². The van der Waals surface area contributed by atoms with Gasteiger partial charge in [0.1, 0.15) is 0 Å². The van der Waals surface area contributed by atoms with E-state index < -0.39 is 0 Å². The summed E-state index contributed by atoms with van der Waals surface area (Å²) in [4.78, 5) is 3.88. The zero-order valence-electron chi connectivity index (χ0n) is 7.97. The topological polar surface area (TPSA) is 52.0 Å². The highest BCUT2D eigenvalue weighted by Crippen LogP contribution is 2.21. The molecule has 3 heteroatoms. The predicted octanol–water partition coefficient (Wildman–Crippen LogP) is 2.36. The molecule has 0 aliphatic carbocycles. The highest BCUT2D eigenvalue weighted by molar-refractivity contribution is 5.57. The molecule has 72 valence electrons. The fraction of sp³-hybridized carbons (Fsp3) is 0.182. The van der Waals surface area contributed by atoms with E-state index >= 15 is 0 Å². The van der Waals surface area contributed by atoms with Crippen LogP contribution in [0.3, 0.4) is 0 Å². The van der Waals surface area contributed by atoms with E-state index in [1.165, 1.54) is 6.39 Å². The van der Waals surface area contributed by atoms with Crippen molar-refractivity contribution >= 4 is 0 Å². The molecule has 2 aromatic rings. The lowest BCUT2D eigenvalue weighted by Gasteiger charge is -2.06. The second-order valence-electron chi connectivity index (χ2n) is 3.28. The summed E-state index contributed by atoms with van der Waals surface area (Å²) >= 11 is 0. The lowest BCUT2D eigenvalue weighted by atomic mass is 10.1. The summed E-state index contributed by atoms with van der Waals surface area (Å²) in [6.45, 7) is 1.96. The van der Waals surface area contributed by atoms with Gasteiger partial charge in [0.2, 0.25) is 0 Å². The number of aromatic nitrogens is 1. The van der Waals surface area contributed by atoms with E-state index in [0.29, 0.717) is 0 Å². The van der Waals surface area contributed by atoms with Crippen LogP contribution in [-0.2, 0) is 0 Å². The first kappa shape index (κ1) is 8.97. The largest absolute Gasteiger partial charge is 0.444 e. The van der Waals surface area contributed by atoms with E-state index in [9.17, 15) is 0 Å². The Labute approximate surface area is 82.6 Å². The minimum atomic E-state index is 0.0397. The van der Waals surface area contributed by atoms with Crippen LogP contribution < -0.4 is 5.73 Å². The molecule has 2 N–H and O–H groups in total. The molecule has 0 amide bonds. The molecule has 0 aliphatic heterocycles. The van der Waals surface area contributed by atoms with Gasteiger partial charge in [-0.2, -0.15) is 0 Å².